The van der Waals surface area contributed by atoms with Crippen molar-refractivity contribution in [2.45, 2.75) is 50.9 Å². The molecule has 3 nitrogen and oxygen atoms in total. The van der Waals surface area contributed by atoms with Crippen molar-refractivity contribution in [1.29, 1.82) is 0 Å². The molecule has 92 valence electrons. The molecule has 1 heterocycles. The largest absolute Gasteiger partial charge is 0.481 e. The van der Waals surface area contributed by atoms with Gasteiger partial charge < -0.3 is 9.52 Å². The zero-order valence-corrected chi connectivity index (χ0v) is 9.95. The lowest BCUT2D eigenvalue weighted by Gasteiger charge is -2.16. The molecule has 1 aromatic heterocycles. The van der Waals surface area contributed by atoms with E-state index >= 15 is 0 Å². The van der Waals surface area contributed by atoms with Crippen LogP contribution in [0.15, 0.2) is 10.5 Å². The summed E-state index contributed by atoms with van der Waals surface area (Å²) in [5, 5.41) is 9.04. The van der Waals surface area contributed by atoms with E-state index in [1.165, 1.54) is 31.2 Å². The van der Waals surface area contributed by atoms with Gasteiger partial charge in [-0.2, -0.15) is 0 Å². The van der Waals surface area contributed by atoms with Gasteiger partial charge in [0.2, 0.25) is 0 Å². The predicted molar refractivity (Wildman–Crippen MR) is 63.1 cm³/mol. The van der Waals surface area contributed by atoms with Gasteiger partial charge in [0.15, 0.2) is 0 Å². The van der Waals surface area contributed by atoms with Gasteiger partial charge in [-0.15, -0.1) is 0 Å². The summed E-state index contributed by atoms with van der Waals surface area (Å²) in [5.41, 5.74) is 1.25. The van der Waals surface area contributed by atoms with E-state index in [1.54, 1.807) is 0 Å². The number of aryl methyl sites for hydroxylation is 1. The normalized spacial score (nSPS) is 24.8. The highest BCUT2D eigenvalue weighted by atomic mass is 16.4. The van der Waals surface area contributed by atoms with Crippen LogP contribution in [0.4, 0.5) is 0 Å². The number of carboxylic acids is 1. The molecule has 2 aliphatic carbocycles. The quantitative estimate of drug-likeness (QED) is 0.855. The van der Waals surface area contributed by atoms with Crippen LogP contribution in [0.25, 0.3) is 0 Å². The molecule has 1 unspecified atom stereocenters. The first-order valence-electron chi connectivity index (χ1n) is 6.58. The van der Waals surface area contributed by atoms with Crippen molar-refractivity contribution in [2.75, 3.05) is 0 Å². The van der Waals surface area contributed by atoms with Crippen LogP contribution in [0, 0.1) is 5.92 Å². The zero-order chi connectivity index (χ0) is 11.8. The van der Waals surface area contributed by atoms with Gasteiger partial charge in [-0.1, -0.05) is 12.8 Å². The number of hydrogen-bond donors (Lipinski definition) is 1. The third kappa shape index (κ3) is 1.99. The maximum atomic E-state index is 11.0. The average molecular weight is 234 g/mol. The first-order valence-corrected chi connectivity index (χ1v) is 6.58. The number of carbonyl (C=O) groups is 1. The maximum Gasteiger partial charge on any atom is 0.306 e. The summed E-state index contributed by atoms with van der Waals surface area (Å²) in [4.78, 5) is 11.0. The number of carboxylic acid groups (broad SMARTS) is 1. The Hall–Kier alpha value is -1.25. The van der Waals surface area contributed by atoms with Crippen LogP contribution in [-0.4, -0.2) is 11.1 Å². The molecule has 0 amide bonds. The molecule has 0 spiro atoms. The molecule has 0 saturated heterocycles. The maximum absolute atomic E-state index is 11.0. The van der Waals surface area contributed by atoms with E-state index in [0.717, 1.165) is 24.4 Å². The minimum absolute atomic E-state index is 0.245. The van der Waals surface area contributed by atoms with Crippen LogP contribution in [0.1, 0.15) is 55.1 Å². The van der Waals surface area contributed by atoms with E-state index in [0.29, 0.717) is 12.3 Å². The lowest BCUT2D eigenvalue weighted by molar-refractivity contribution is -0.142. The van der Waals surface area contributed by atoms with Crippen LogP contribution < -0.4 is 0 Å². The molecule has 0 aromatic carbocycles. The van der Waals surface area contributed by atoms with Crippen molar-refractivity contribution in [1.82, 2.24) is 0 Å². The fourth-order valence-electron chi connectivity index (χ4n) is 3.15. The summed E-state index contributed by atoms with van der Waals surface area (Å²) in [5.74, 6) is 1.70. The van der Waals surface area contributed by atoms with E-state index in [9.17, 15) is 4.79 Å². The minimum Gasteiger partial charge on any atom is -0.481 e. The smallest absolute Gasteiger partial charge is 0.306 e. The van der Waals surface area contributed by atoms with E-state index in [-0.39, 0.29) is 5.92 Å². The molecule has 0 radical (unpaired) electrons. The first-order chi connectivity index (χ1) is 8.24. The lowest BCUT2D eigenvalue weighted by Crippen LogP contribution is -2.21. The highest BCUT2D eigenvalue weighted by molar-refractivity contribution is 5.70. The second-order valence-corrected chi connectivity index (χ2v) is 5.36. The van der Waals surface area contributed by atoms with Crippen LogP contribution in [0.5, 0.6) is 0 Å². The third-order valence-electron chi connectivity index (χ3n) is 4.22. The van der Waals surface area contributed by atoms with Gasteiger partial charge in [0.05, 0.1) is 5.92 Å². The molecule has 17 heavy (non-hydrogen) atoms. The molecule has 2 aliphatic rings. The molecular weight excluding hydrogens is 216 g/mol. The summed E-state index contributed by atoms with van der Waals surface area (Å²) in [7, 11) is 0. The molecule has 0 aliphatic heterocycles. The number of aliphatic carboxylic acids is 1. The summed E-state index contributed by atoms with van der Waals surface area (Å²) in [6.45, 7) is 0. The first kappa shape index (κ1) is 10.9. The Bertz CT molecular complexity index is 427. The van der Waals surface area contributed by atoms with Gasteiger partial charge in [-0.3, -0.25) is 4.79 Å². The fraction of sp³-hybridized carbons (Fsp3) is 0.643. The monoisotopic (exact) mass is 234 g/mol. The Labute approximate surface area is 101 Å². The Kier molecular flexibility index (Phi) is 2.69. The molecule has 1 fully saturated rings. The fourth-order valence-corrected chi connectivity index (χ4v) is 3.15. The van der Waals surface area contributed by atoms with E-state index < -0.39 is 5.97 Å². The van der Waals surface area contributed by atoms with Crippen molar-refractivity contribution in [3.63, 3.8) is 0 Å². The van der Waals surface area contributed by atoms with Crippen molar-refractivity contribution in [3.8, 4) is 0 Å². The van der Waals surface area contributed by atoms with Crippen molar-refractivity contribution in [3.05, 3.63) is 23.2 Å². The summed E-state index contributed by atoms with van der Waals surface area (Å²) >= 11 is 0. The Morgan fingerprint density at radius 1 is 1.29 bits per heavy atom. The standard InChI is InChI=1S/C14H18O3/c15-14(16)11-6-5-10-7-12(17-13(10)8-11)9-3-1-2-4-9/h7,9,11H,1-6,8H2,(H,15,16). The number of hydrogen-bond acceptors (Lipinski definition) is 2. The van der Waals surface area contributed by atoms with Gasteiger partial charge in [0.25, 0.3) is 0 Å². The summed E-state index contributed by atoms with van der Waals surface area (Å²) in [6, 6.07) is 2.18. The van der Waals surface area contributed by atoms with E-state index in [4.69, 9.17) is 9.52 Å². The van der Waals surface area contributed by atoms with Crippen molar-refractivity contribution < 1.29 is 14.3 Å². The van der Waals surface area contributed by atoms with Gasteiger partial charge in [0, 0.05) is 12.3 Å². The van der Waals surface area contributed by atoms with E-state index in [2.05, 4.69) is 6.07 Å². The van der Waals surface area contributed by atoms with Crippen LogP contribution in [0.3, 0.4) is 0 Å². The third-order valence-corrected chi connectivity index (χ3v) is 4.22. The van der Waals surface area contributed by atoms with Gasteiger partial charge in [0.1, 0.15) is 11.5 Å². The number of rotatable bonds is 2. The summed E-state index contributed by atoms with van der Waals surface area (Å²) in [6.07, 6.45) is 7.26. The lowest BCUT2D eigenvalue weighted by atomic mass is 9.88. The highest BCUT2D eigenvalue weighted by Crippen LogP contribution is 2.38. The van der Waals surface area contributed by atoms with Crippen molar-refractivity contribution >= 4 is 5.97 Å². The Morgan fingerprint density at radius 2 is 2.06 bits per heavy atom. The molecule has 1 saturated carbocycles. The zero-order valence-electron chi connectivity index (χ0n) is 9.95. The van der Waals surface area contributed by atoms with Gasteiger partial charge in [-0.05, 0) is 37.3 Å². The SMILES string of the molecule is O=C(O)C1CCc2cc(C3CCCC3)oc2C1. The summed E-state index contributed by atoms with van der Waals surface area (Å²) < 4.78 is 5.91. The van der Waals surface area contributed by atoms with Crippen LogP contribution >= 0.6 is 0 Å². The minimum atomic E-state index is -0.686. The molecule has 1 aromatic rings. The molecule has 1 N–H and O–H groups in total. The topological polar surface area (TPSA) is 50.4 Å². The Morgan fingerprint density at radius 3 is 2.76 bits per heavy atom. The molecule has 3 heteroatoms. The average Bonchev–Trinajstić information content (AvgIpc) is 2.96. The number of furan rings is 1. The second kappa shape index (κ2) is 4.21. The number of fused-ring (bicyclic) bond motifs is 1. The van der Waals surface area contributed by atoms with Crippen molar-refractivity contribution in [2.24, 2.45) is 5.92 Å². The van der Waals surface area contributed by atoms with Gasteiger partial charge >= 0.3 is 5.97 Å². The molecule has 1 atom stereocenters. The predicted octanol–water partition coefficient (Wildman–Crippen LogP) is 3.13. The Balaban J connectivity index is 1.81. The molecule has 3 rings (SSSR count). The van der Waals surface area contributed by atoms with Crippen LogP contribution in [0.2, 0.25) is 0 Å². The van der Waals surface area contributed by atoms with Crippen LogP contribution in [-0.2, 0) is 17.6 Å². The molecule has 0 bridgehead atoms. The van der Waals surface area contributed by atoms with E-state index in [1.807, 2.05) is 0 Å². The highest BCUT2D eigenvalue weighted by Gasteiger charge is 2.29. The molecular formula is C14H18O3. The van der Waals surface area contributed by atoms with Gasteiger partial charge in [-0.25, -0.2) is 0 Å². The second-order valence-electron chi connectivity index (χ2n) is 5.36.